The third kappa shape index (κ3) is 3.24. The average molecular weight is 362 g/mol. The number of anilines is 1. The Kier molecular flexibility index (Phi) is 4.23. The van der Waals surface area contributed by atoms with Crippen LogP contribution in [-0.4, -0.2) is 23.5 Å². The van der Waals surface area contributed by atoms with Gasteiger partial charge in [0, 0.05) is 11.6 Å². The molecule has 0 saturated carbocycles. The molecule has 3 rings (SSSR count). The van der Waals surface area contributed by atoms with E-state index < -0.39 is 25.5 Å². The van der Waals surface area contributed by atoms with Crippen LogP contribution in [-0.2, 0) is 10.0 Å². The zero-order valence-corrected chi connectivity index (χ0v) is 13.6. The van der Waals surface area contributed by atoms with Crippen molar-refractivity contribution in [2.45, 2.75) is 4.90 Å². The lowest BCUT2D eigenvalue weighted by Crippen LogP contribution is -2.14. The van der Waals surface area contributed by atoms with Crippen LogP contribution in [0, 0.1) is 10.1 Å². The average Bonchev–Trinajstić information content (AvgIpc) is 3.03. The van der Waals surface area contributed by atoms with Gasteiger partial charge in [-0.1, -0.05) is 53.8 Å². The number of hydrogen-bond acceptors (Lipinski definition) is 7. The Bertz CT molecular complexity index is 987. The molecule has 0 aliphatic carbocycles. The van der Waals surface area contributed by atoms with Crippen LogP contribution in [0.2, 0.25) is 0 Å². The van der Waals surface area contributed by atoms with Gasteiger partial charge in [0.15, 0.2) is 4.90 Å². The molecule has 2 aromatic carbocycles. The Labute approximate surface area is 141 Å². The third-order valence-electron chi connectivity index (χ3n) is 3.02. The summed E-state index contributed by atoms with van der Waals surface area (Å²) in [5.74, 6) is 0. The number of para-hydroxylation sites is 1. The molecule has 3 aromatic rings. The predicted octanol–water partition coefficient (Wildman–Crippen LogP) is 2.91. The minimum absolute atomic E-state index is 0.0343. The number of hydrogen-bond donors (Lipinski definition) is 1. The van der Waals surface area contributed by atoms with Gasteiger partial charge in [0.1, 0.15) is 5.01 Å². The number of aromatic nitrogens is 2. The number of nitrogens with one attached hydrogen (secondary N) is 1. The number of nitro benzene ring substituents is 1. The van der Waals surface area contributed by atoms with Crippen LogP contribution in [0.3, 0.4) is 0 Å². The summed E-state index contributed by atoms with van der Waals surface area (Å²) >= 11 is 1.04. The highest BCUT2D eigenvalue weighted by Gasteiger charge is 2.26. The van der Waals surface area contributed by atoms with Crippen LogP contribution >= 0.6 is 11.3 Å². The molecule has 1 heterocycles. The van der Waals surface area contributed by atoms with Gasteiger partial charge in [0.25, 0.3) is 15.7 Å². The molecule has 0 unspecified atom stereocenters. The van der Waals surface area contributed by atoms with Crippen molar-refractivity contribution in [1.82, 2.24) is 10.2 Å². The van der Waals surface area contributed by atoms with Crippen LogP contribution in [0.25, 0.3) is 10.6 Å². The first-order valence-electron chi connectivity index (χ1n) is 6.62. The van der Waals surface area contributed by atoms with Crippen molar-refractivity contribution < 1.29 is 13.3 Å². The lowest BCUT2D eigenvalue weighted by atomic mass is 10.2. The molecule has 0 fully saturated rings. The van der Waals surface area contributed by atoms with E-state index in [0.717, 1.165) is 23.0 Å². The van der Waals surface area contributed by atoms with E-state index in [2.05, 4.69) is 14.9 Å². The summed E-state index contributed by atoms with van der Waals surface area (Å²) in [6.45, 7) is 0. The van der Waals surface area contributed by atoms with Crippen molar-refractivity contribution in [3.05, 3.63) is 64.7 Å². The summed E-state index contributed by atoms with van der Waals surface area (Å²) in [5, 5.41) is 19.3. The maximum absolute atomic E-state index is 12.4. The summed E-state index contributed by atoms with van der Waals surface area (Å²) in [4.78, 5) is 9.83. The maximum atomic E-state index is 12.4. The summed E-state index contributed by atoms with van der Waals surface area (Å²) in [6.07, 6.45) is 0. The highest BCUT2D eigenvalue weighted by atomic mass is 32.2. The molecule has 10 heteroatoms. The molecular weight excluding hydrogens is 352 g/mol. The van der Waals surface area contributed by atoms with Crippen molar-refractivity contribution in [3.63, 3.8) is 0 Å². The van der Waals surface area contributed by atoms with E-state index in [1.165, 1.54) is 18.2 Å². The van der Waals surface area contributed by atoms with E-state index in [1.807, 2.05) is 30.3 Å². The molecule has 1 aromatic heterocycles. The standard InChI is InChI=1S/C14H10N4O4S2/c19-18(20)11-8-4-5-9-12(11)24(21,22)17-14-16-15-13(23-14)10-6-2-1-3-7-10/h1-9H,(H,16,17). The summed E-state index contributed by atoms with van der Waals surface area (Å²) in [5.41, 5.74) is 0.295. The van der Waals surface area contributed by atoms with E-state index >= 15 is 0 Å². The third-order valence-corrected chi connectivity index (χ3v) is 5.42. The van der Waals surface area contributed by atoms with Gasteiger partial charge in [-0.25, -0.2) is 8.42 Å². The Morgan fingerprint density at radius 2 is 1.67 bits per heavy atom. The van der Waals surface area contributed by atoms with Crippen LogP contribution in [0.1, 0.15) is 0 Å². The highest BCUT2D eigenvalue weighted by Crippen LogP contribution is 2.29. The molecule has 8 nitrogen and oxygen atoms in total. The zero-order valence-electron chi connectivity index (χ0n) is 12.0. The predicted molar refractivity (Wildman–Crippen MR) is 89.2 cm³/mol. The molecular formula is C14H10N4O4S2. The second-order valence-electron chi connectivity index (χ2n) is 4.61. The topological polar surface area (TPSA) is 115 Å². The fourth-order valence-corrected chi connectivity index (χ4v) is 4.12. The van der Waals surface area contributed by atoms with Gasteiger partial charge in [-0.3, -0.25) is 14.8 Å². The number of sulfonamides is 1. The first-order chi connectivity index (χ1) is 11.5. The molecule has 0 saturated heterocycles. The van der Waals surface area contributed by atoms with Gasteiger partial charge >= 0.3 is 0 Å². The monoisotopic (exact) mass is 362 g/mol. The van der Waals surface area contributed by atoms with Crippen LogP contribution in [0.4, 0.5) is 10.8 Å². The Morgan fingerprint density at radius 1 is 1.00 bits per heavy atom. The van der Waals surface area contributed by atoms with Crippen LogP contribution < -0.4 is 4.72 Å². The van der Waals surface area contributed by atoms with Crippen LogP contribution in [0.5, 0.6) is 0 Å². The number of benzene rings is 2. The Hall–Kier alpha value is -2.85. The van der Waals surface area contributed by atoms with Gasteiger partial charge < -0.3 is 0 Å². The smallest absolute Gasteiger partial charge is 0.258 e. The zero-order chi connectivity index (χ0) is 17.2. The quantitative estimate of drug-likeness (QED) is 0.551. The first-order valence-corrected chi connectivity index (χ1v) is 8.92. The van der Waals surface area contributed by atoms with Gasteiger partial charge in [-0.15, -0.1) is 10.2 Å². The summed E-state index contributed by atoms with van der Waals surface area (Å²) in [7, 11) is -4.14. The van der Waals surface area contributed by atoms with Crippen molar-refractivity contribution >= 4 is 32.2 Å². The van der Waals surface area contributed by atoms with Crippen molar-refractivity contribution in [2.24, 2.45) is 0 Å². The molecule has 1 N–H and O–H groups in total. The number of nitro groups is 1. The van der Waals surface area contributed by atoms with E-state index in [-0.39, 0.29) is 5.13 Å². The molecule has 0 amide bonds. The highest BCUT2D eigenvalue weighted by molar-refractivity contribution is 7.93. The Balaban J connectivity index is 1.91. The molecule has 0 spiro atoms. The summed E-state index contributed by atoms with van der Waals surface area (Å²) < 4.78 is 27.0. The lowest BCUT2D eigenvalue weighted by molar-refractivity contribution is -0.387. The molecule has 122 valence electrons. The fourth-order valence-electron chi connectivity index (χ4n) is 1.97. The Morgan fingerprint density at radius 3 is 2.38 bits per heavy atom. The van der Waals surface area contributed by atoms with Gasteiger partial charge in [-0.05, 0) is 6.07 Å². The molecule has 0 aliphatic rings. The molecule has 0 bridgehead atoms. The largest absolute Gasteiger partial charge is 0.289 e. The second-order valence-corrected chi connectivity index (χ2v) is 7.24. The van der Waals surface area contributed by atoms with E-state index in [1.54, 1.807) is 0 Å². The lowest BCUT2D eigenvalue weighted by Gasteiger charge is -2.04. The fraction of sp³-hybridized carbons (Fsp3) is 0. The minimum atomic E-state index is -4.14. The van der Waals surface area contributed by atoms with E-state index in [9.17, 15) is 18.5 Å². The van der Waals surface area contributed by atoms with Crippen LogP contribution in [0.15, 0.2) is 59.5 Å². The summed E-state index contributed by atoms with van der Waals surface area (Å²) in [6, 6.07) is 14.3. The normalized spacial score (nSPS) is 11.2. The molecule has 24 heavy (non-hydrogen) atoms. The van der Waals surface area contributed by atoms with E-state index in [0.29, 0.717) is 5.01 Å². The molecule has 0 radical (unpaired) electrons. The number of rotatable bonds is 5. The van der Waals surface area contributed by atoms with E-state index in [4.69, 9.17) is 0 Å². The molecule has 0 aliphatic heterocycles. The first kappa shape index (κ1) is 16.0. The minimum Gasteiger partial charge on any atom is -0.258 e. The van der Waals surface area contributed by atoms with Gasteiger partial charge in [0.2, 0.25) is 5.13 Å². The van der Waals surface area contributed by atoms with Crippen molar-refractivity contribution in [1.29, 1.82) is 0 Å². The number of nitrogens with zero attached hydrogens (tertiary/aromatic N) is 3. The second kappa shape index (κ2) is 6.34. The maximum Gasteiger partial charge on any atom is 0.289 e. The van der Waals surface area contributed by atoms with Crippen molar-refractivity contribution in [3.8, 4) is 10.6 Å². The van der Waals surface area contributed by atoms with Gasteiger partial charge in [-0.2, -0.15) is 0 Å². The van der Waals surface area contributed by atoms with Gasteiger partial charge in [0.05, 0.1) is 4.92 Å². The SMILES string of the molecule is O=[N+]([O-])c1ccccc1S(=O)(=O)Nc1nnc(-c2ccccc2)s1. The van der Waals surface area contributed by atoms with Crippen molar-refractivity contribution in [2.75, 3.05) is 4.72 Å². The molecule has 0 atom stereocenters.